The Kier molecular flexibility index (Phi) is 68.0. The summed E-state index contributed by atoms with van der Waals surface area (Å²) < 4.78 is 0. The Morgan fingerprint density at radius 3 is 0.643 bits per heavy atom. The van der Waals surface area contributed by atoms with Gasteiger partial charge in [-0.1, -0.05) is 108 Å². The van der Waals surface area contributed by atoms with Crippen molar-refractivity contribution in [1.29, 1.82) is 0 Å². The molecule has 15 nitrogen and oxygen atoms in total. The molecule has 56 heavy (non-hydrogen) atoms. The van der Waals surface area contributed by atoms with E-state index in [2.05, 4.69) is 31.9 Å². The predicted octanol–water partition coefficient (Wildman–Crippen LogP) is 7.76. The third-order valence-electron chi connectivity index (χ3n) is 7.05. The number of piperidine rings is 5. The van der Waals surface area contributed by atoms with Gasteiger partial charge < -0.3 is 57.8 Å². The van der Waals surface area contributed by atoms with Gasteiger partial charge in [-0.3, -0.25) is 0 Å². The summed E-state index contributed by atoms with van der Waals surface area (Å²) >= 11 is 0. The Morgan fingerprint density at radius 1 is 0.375 bits per heavy atom. The summed E-state index contributed by atoms with van der Waals surface area (Å²) in [6.07, 6.45) is 30.3. The number of hydrogen-bond donors (Lipinski definition) is 4. The molecule has 5 saturated heterocycles. The number of aliphatic carboxylic acids is 4. The number of carbonyl (C=O) groups is 4. The molecule has 6 rings (SSSR count). The fraction of sp³-hybridized carbons (Fsp3) is 0.684. The van der Waals surface area contributed by atoms with Crippen LogP contribution in [-0.2, 0) is 77.6 Å². The van der Waals surface area contributed by atoms with Gasteiger partial charge in [-0.25, -0.2) is 19.2 Å². The van der Waals surface area contributed by atoms with E-state index in [1.807, 2.05) is 18.2 Å². The number of carboxylic acid groups (broad SMARTS) is 4. The topological polar surface area (TPSA) is 265 Å². The Hall–Kier alpha value is -1.73. The van der Waals surface area contributed by atoms with Crippen molar-refractivity contribution in [3.63, 3.8) is 0 Å². The Morgan fingerprint density at radius 2 is 0.589 bits per heavy atom. The minimum atomic E-state index is -1.26. The van der Waals surface area contributed by atoms with E-state index >= 15 is 0 Å². The molecule has 0 amide bonds. The molecule has 5 fully saturated rings. The van der Waals surface area contributed by atoms with Gasteiger partial charge in [-0.15, -0.1) is 78.1 Å². The predicted molar refractivity (Wildman–Crippen MR) is 214 cm³/mol. The third kappa shape index (κ3) is 70.1. The van der Waals surface area contributed by atoms with Crippen LogP contribution < -0.4 is 0 Å². The van der Waals surface area contributed by atoms with Gasteiger partial charge in [-0.05, 0) is 0 Å². The zero-order valence-corrected chi connectivity index (χ0v) is 42.6. The molecule has 0 aromatic heterocycles. The van der Waals surface area contributed by atoms with Crippen molar-refractivity contribution in [3.05, 3.63) is 80.6 Å². The molecule has 0 aromatic carbocycles. The average Bonchev–Trinajstić information content (AvgIpc) is 3.22. The van der Waals surface area contributed by atoms with Crippen LogP contribution in [0, 0.1) is 0 Å². The van der Waals surface area contributed by atoms with E-state index in [4.69, 9.17) is 20.4 Å². The van der Waals surface area contributed by atoms with Gasteiger partial charge in [-0.2, -0.15) is 6.20 Å². The number of rotatable bonds is 4. The van der Waals surface area contributed by atoms with Crippen molar-refractivity contribution in [3.8, 4) is 0 Å². The van der Waals surface area contributed by atoms with Crippen molar-refractivity contribution in [2.75, 3.05) is 72.0 Å². The molecule has 6 heterocycles. The van der Waals surface area contributed by atoms with Crippen molar-refractivity contribution >= 4 is 23.9 Å². The van der Waals surface area contributed by atoms with E-state index in [1.165, 1.54) is 96.3 Å². The SMILES string of the molecule is C1=CC[N-]C=C1.C1CC[N-]CC1.C1CC[N-]CC1.C1CC[N-]CC1.C1CC[N-]CC1.C1CC[N-]CC1.O.O=C(O)C=CC(=O)O.O=C(O)C=CC(=O)O.[Zn].[Zn].[Zn]. The summed E-state index contributed by atoms with van der Waals surface area (Å²) in [5.41, 5.74) is 0. The molecule has 6 aliphatic heterocycles. The van der Waals surface area contributed by atoms with Crippen LogP contribution in [0.1, 0.15) is 96.3 Å². The van der Waals surface area contributed by atoms with Gasteiger partial charge in [0.05, 0.1) is 0 Å². The summed E-state index contributed by atoms with van der Waals surface area (Å²) in [5, 5.41) is 56.0. The Bertz CT molecular complexity index is 769. The van der Waals surface area contributed by atoms with Crippen molar-refractivity contribution in [2.45, 2.75) is 96.3 Å². The van der Waals surface area contributed by atoms with Crippen LogP contribution in [0.25, 0.3) is 31.9 Å². The molecule has 0 atom stereocenters. The smallest absolute Gasteiger partial charge is 0.328 e. The Labute approximate surface area is 374 Å². The normalized spacial score (nSPS) is 17.4. The molecule has 0 aromatic rings. The van der Waals surface area contributed by atoms with Crippen LogP contribution in [0.4, 0.5) is 0 Å². The van der Waals surface area contributed by atoms with Crippen molar-refractivity contribution in [2.24, 2.45) is 0 Å². The fourth-order valence-corrected chi connectivity index (χ4v) is 4.34. The monoisotopic (exact) mass is 942 g/mol. The molecule has 0 unspecified atom stereocenters. The second-order valence-corrected chi connectivity index (χ2v) is 11.8. The number of allylic oxidation sites excluding steroid dienone is 2. The summed E-state index contributed by atoms with van der Waals surface area (Å²) in [7, 11) is 0. The van der Waals surface area contributed by atoms with Gasteiger partial charge in [0, 0.05) is 82.7 Å². The minimum Gasteiger partial charge on any atom is -0.687 e. The number of nitrogens with zero attached hydrogens (tertiary/aromatic N) is 6. The second-order valence-electron chi connectivity index (χ2n) is 11.8. The second kappa shape index (κ2) is 57.6. The number of carboxylic acids is 4. The van der Waals surface area contributed by atoms with E-state index in [0.29, 0.717) is 24.3 Å². The summed E-state index contributed by atoms with van der Waals surface area (Å²) in [4.78, 5) is 38.2. The van der Waals surface area contributed by atoms with Crippen LogP contribution in [0.15, 0.2) is 48.7 Å². The molecule has 6 aliphatic rings. The first-order valence-corrected chi connectivity index (χ1v) is 18.7. The van der Waals surface area contributed by atoms with E-state index in [0.717, 1.165) is 72.0 Å². The van der Waals surface area contributed by atoms with E-state index in [9.17, 15) is 19.2 Å². The van der Waals surface area contributed by atoms with Gasteiger partial charge in [0.25, 0.3) is 0 Å². The quantitative estimate of drug-likeness (QED) is 0.159. The zero-order valence-electron chi connectivity index (χ0n) is 33.7. The van der Waals surface area contributed by atoms with Gasteiger partial charge in [0.2, 0.25) is 0 Å². The summed E-state index contributed by atoms with van der Waals surface area (Å²) in [6, 6.07) is 0. The standard InChI is InChI=1S/5C5H10N.C5H6N.2C4H4O4.H2O.3Zn/c6*1-2-4-6-5-3-1;2*5-3(6)1-2-4(7)8;;;;/h5*1-5H2;1-4H,5H2;2*1-2H,(H,5,6)(H,7,8);1H2;;;/q6*-1;;;;;;. The van der Waals surface area contributed by atoms with Crippen LogP contribution in [0.2, 0.25) is 0 Å². The Balaban J connectivity index is -0.000000126. The molecule has 314 valence electrons. The molecular weight excluding hydrogens is 881 g/mol. The van der Waals surface area contributed by atoms with Gasteiger partial charge in [0.1, 0.15) is 0 Å². The maximum absolute atomic E-state index is 9.55. The van der Waals surface area contributed by atoms with Gasteiger partial charge in [0.15, 0.2) is 0 Å². The van der Waals surface area contributed by atoms with E-state index in [-0.39, 0.29) is 63.9 Å². The first-order chi connectivity index (χ1) is 25.3. The minimum absolute atomic E-state index is 0. The van der Waals surface area contributed by atoms with Crippen LogP contribution >= 0.6 is 0 Å². The third-order valence-corrected chi connectivity index (χ3v) is 7.05. The maximum atomic E-state index is 9.55. The van der Waals surface area contributed by atoms with E-state index in [1.54, 1.807) is 6.20 Å². The molecule has 0 bridgehead atoms. The maximum Gasteiger partial charge on any atom is 0.328 e. The first-order valence-electron chi connectivity index (χ1n) is 18.7. The zero-order chi connectivity index (χ0) is 38.6. The molecular formula is C38H66N6O9Zn3-6. The summed E-state index contributed by atoms with van der Waals surface area (Å²) in [6.45, 7) is 12.1. The molecule has 0 saturated carbocycles. The van der Waals surface area contributed by atoms with Gasteiger partial charge >= 0.3 is 23.9 Å². The van der Waals surface area contributed by atoms with E-state index < -0.39 is 23.9 Å². The fourth-order valence-electron chi connectivity index (χ4n) is 4.34. The van der Waals surface area contributed by atoms with Crippen molar-refractivity contribution < 1.29 is 104 Å². The first kappa shape index (κ1) is 66.1. The molecule has 0 spiro atoms. The molecule has 18 heteroatoms. The van der Waals surface area contributed by atoms with Crippen LogP contribution in [0.3, 0.4) is 0 Å². The average molecular weight is 947 g/mol. The molecule has 0 aliphatic carbocycles. The largest absolute Gasteiger partial charge is 0.687 e. The molecule has 0 radical (unpaired) electrons. The number of hydrogen-bond acceptors (Lipinski definition) is 4. The van der Waals surface area contributed by atoms with Crippen LogP contribution in [-0.4, -0.2) is 122 Å². The van der Waals surface area contributed by atoms with Crippen LogP contribution in [0.5, 0.6) is 0 Å². The van der Waals surface area contributed by atoms with Crippen molar-refractivity contribution in [1.82, 2.24) is 0 Å². The molecule has 6 N–H and O–H groups in total. The summed E-state index contributed by atoms with van der Waals surface area (Å²) in [5.74, 6) is -5.03.